The van der Waals surface area contributed by atoms with E-state index in [-0.39, 0.29) is 5.75 Å². The summed E-state index contributed by atoms with van der Waals surface area (Å²) < 4.78 is 0. The van der Waals surface area contributed by atoms with Crippen LogP contribution in [0.4, 0.5) is 17.5 Å². The third-order valence-corrected chi connectivity index (χ3v) is 2.76. The SMILES string of the molecule is CC.Nc1nc(Nc2ccc(O)cc2)nc2ccccc12. The summed E-state index contributed by atoms with van der Waals surface area (Å²) in [4.78, 5) is 8.60. The molecule has 0 radical (unpaired) electrons. The molecule has 0 bridgehead atoms. The molecular weight excluding hydrogens is 264 g/mol. The lowest BCUT2D eigenvalue weighted by Crippen LogP contribution is -2.01. The van der Waals surface area contributed by atoms with E-state index in [1.54, 1.807) is 24.3 Å². The first-order chi connectivity index (χ1) is 10.2. The first-order valence-electron chi connectivity index (χ1n) is 6.81. The molecule has 0 spiro atoms. The Labute approximate surface area is 123 Å². The number of fused-ring (bicyclic) bond motifs is 1. The molecule has 0 unspecified atom stereocenters. The van der Waals surface area contributed by atoms with E-state index in [0.717, 1.165) is 16.6 Å². The van der Waals surface area contributed by atoms with Crippen LogP contribution < -0.4 is 11.1 Å². The van der Waals surface area contributed by atoms with E-state index in [1.165, 1.54) is 0 Å². The third kappa shape index (κ3) is 3.39. The maximum absolute atomic E-state index is 9.23. The highest BCUT2D eigenvalue weighted by atomic mass is 16.3. The van der Waals surface area contributed by atoms with Crippen molar-refractivity contribution in [1.82, 2.24) is 9.97 Å². The Kier molecular flexibility index (Phi) is 4.56. The summed E-state index contributed by atoms with van der Waals surface area (Å²) in [5.41, 5.74) is 7.48. The van der Waals surface area contributed by atoms with Crippen molar-refractivity contribution >= 4 is 28.4 Å². The number of nitrogens with two attached hydrogens (primary N) is 1. The summed E-state index contributed by atoms with van der Waals surface area (Å²) in [5.74, 6) is 1.08. The Bertz CT molecular complexity index is 726. The molecule has 0 aliphatic heterocycles. The Morgan fingerprint density at radius 2 is 1.62 bits per heavy atom. The number of anilines is 3. The van der Waals surface area contributed by atoms with Crippen LogP contribution in [-0.4, -0.2) is 15.1 Å². The van der Waals surface area contributed by atoms with Gasteiger partial charge in [0.1, 0.15) is 11.6 Å². The van der Waals surface area contributed by atoms with Crippen LogP contribution in [0.25, 0.3) is 10.9 Å². The summed E-state index contributed by atoms with van der Waals surface area (Å²) in [6.45, 7) is 4.00. The number of aromatic nitrogens is 2. The summed E-state index contributed by atoms with van der Waals surface area (Å²) in [6, 6.07) is 14.2. The molecule has 2 aromatic carbocycles. The highest BCUT2D eigenvalue weighted by Crippen LogP contribution is 2.22. The standard InChI is InChI=1S/C14H12N4O.C2H6/c15-13-11-3-1-2-4-12(11)17-14(18-13)16-9-5-7-10(19)8-6-9;1-2/h1-8,19H,(H3,15,16,17,18);1-2H3. The van der Waals surface area contributed by atoms with Crippen LogP contribution in [0.15, 0.2) is 48.5 Å². The van der Waals surface area contributed by atoms with Crippen LogP contribution in [0, 0.1) is 0 Å². The van der Waals surface area contributed by atoms with E-state index < -0.39 is 0 Å². The Morgan fingerprint density at radius 1 is 0.952 bits per heavy atom. The van der Waals surface area contributed by atoms with Gasteiger partial charge in [0.15, 0.2) is 0 Å². The van der Waals surface area contributed by atoms with Crippen molar-refractivity contribution in [2.45, 2.75) is 13.8 Å². The monoisotopic (exact) mass is 282 g/mol. The molecule has 3 rings (SSSR count). The third-order valence-electron chi connectivity index (χ3n) is 2.76. The zero-order valence-electron chi connectivity index (χ0n) is 12.0. The molecule has 1 aromatic heterocycles. The van der Waals surface area contributed by atoms with Gasteiger partial charge in [0.25, 0.3) is 0 Å². The predicted octanol–water partition coefficient (Wildman–Crippen LogP) is 3.69. The largest absolute Gasteiger partial charge is 0.508 e. The highest BCUT2D eigenvalue weighted by Gasteiger charge is 2.04. The quantitative estimate of drug-likeness (QED) is 0.624. The molecule has 1 heterocycles. The Balaban J connectivity index is 0.000000774. The summed E-state index contributed by atoms with van der Waals surface area (Å²) in [5, 5.41) is 13.1. The van der Waals surface area contributed by atoms with Crippen molar-refractivity contribution < 1.29 is 5.11 Å². The second kappa shape index (κ2) is 6.56. The Hall–Kier alpha value is -2.82. The van der Waals surface area contributed by atoms with Crippen LogP contribution in [0.3, 0.4) is 0 Å². The summed E-state index contributed by atoms with van der Waals surface area (Å²) in [7, 11) is 0. The number of nitrogens with one attached hydrogen (secondary N) is 1. The van der Waals surface area contributed by atoms with Crippen molar-refractivity contribution in [1.29, 1.82) is 0 Å². The maximum atomic E-state index is 9.23. The lowest BCUT2D eigenvalue weighted by molar-refractivity contribution is 0.475. The molecule has 0 saturated heterocycles. The Morgan fingerprint density at radius 3 is 2.33 bits per heavy atom. The van der Waals surface area contributed by atoms with E-state index in [1.807, 2.05) is 38.1 Å². The number of phenolic OH excluding ortho intramolecular Hbond substituents is 1. The van der Waals surface area contributed by atoms with E-state index in [9.17, 15) is 5.11 Å². The molecule has 5 heteroatoms. The zero-order chi connectivity index (χ0) is 15.2. The first-order valence-corrected chi connectivity index (χ1v) is 6.81. The summed E-state index contributed by atoms with van der Waals surface area (Å²) in [6.07, 6.45) is 0. The molecule has 21 heavy (non-hydrogen) atoms. The predicted molar refractivity (Wildman–Crippen MR) is 86.7 cm³/mol. The van der Waals surface area contributed by atoms with Gasteiger partial charge in [0.2, 0.25) is 5.95 Å². The second-order valence-electron chi connectivity index (χ2n) is 4.12. The number of rotatable bonds is 2. The fourth-order valence-corrected chi connectivity index (χ4v) is 1.83. The topological polar surface area (TPSA) is 84.1 Å². The molecule has 0 atom stereocenters. The van der Waals surface area contributed by atoms with Crippen LogP contribution in [0.2, 0.25) is 0 Å². The minimum absolute atomic E-state index is 0.212. The van der Waals surface area contributed by atoms with E-state index in [4.69, 9.17) is 5.73 Å². The minimum Gasteiger partial charge on any atom is -0.508 e. The number of para-hydroxylation sites is 1. The van der Waals surface area contributed by atoms with Gasteiger partial charge in [-0.2, -0.15) is 4.98 Å². The maximum Gasteiger partial charge on any atom is 0.229 e. The van der Waals surface area contributed by atoms with Gasteiger partial charge in [-0.3, -0.25) is 0 Å². The lowest BCUT2D eigenvalue weighted by Gasteiger charge is -2.07. The number of phenols is 1. The van der Waals surface area contributed by atoms with Gasteiger partial charge in [-0.15, -0.1) is 0 Å². The van der Waals surface area contributed by atoms with Gasteiger partial charge >= 0.3 is 0 Å². The first kappa shape index (κ1) is 14.6. The van der Waals surface area contributed by atoms with E-state index >= 15 is 0 Å². The molecule has 0 aliphatic carbocycles. The normalized spacial score (nSPS) is 9.81. The summed E-state index contributed by atoms with van der Waals surface area (Å²) >= 11 is 0. The van der Waals surface area contributed by atoms with Crippen molar-refractivity contribution in [2.75, 3.05) is 11.1 Å². The van der Waals surface area contributed by atoms with Gasteiger partial charge in [0.05, 0.1) is 5.52 Å². The number of aromatic hydroxyl groups is 1. The van der Waals surface area contributed by atoms with Gasteiger partial charge in [-0.05, 0) is 36.4 Å². The van der Waals surface area contributed by atoms with Gasteiger partial charge < -0.3 is 16.2 Å². The van der Waals surface area contributed by atoms with Crippen LogP contribution in [0.5, 0.6) is 5.75 Å². The number of benzene rings is 2. The van der Waals surface area contributed by atoms with Crippen LogP contribution in [0.1, 0.15) is 13.8 Å². The second-order valence-corrected chi connectivity index (χ2v) is 4.12. The molecule has 4 N–H and O–H groups in total. The van der Waals surface area contributed by atoms with Crippen molar-refractivity contribution in [3.63, 3.8) is 0 Å². The van der Waals surface area contributed by atoms with Gasteiger partial charge in [-0.25, -0.2) is 4.98 Å². The fraction of sp³-hybridized carbons (Fsp3) is 0.125. The molecule has 0 aliphatic rings. The van der Waals surface area contributed by atoms with E-state index in [2.05, 4.69) is 15.3 Å². The van der Waals surface area contributed by atoms with Gasteiger partial charge in [0, 0.05) is 11.1 Å². The average Bonchev–Trinajstić information content (AvgIpc) is 2.52. The fourth-order valence-electron chi connectivity index (χ4n) is 1.83. The molecule has 108 valence electrons. The number of hydrogen-bond acceptors (Lipinski definition) is 5. The van der Waals surface area contributed by atoms with E-state index in [0.29, 0.717) is 11.8 Å². The van der Waals surface area contributed by atoms with Crippen molar-refractivity contribution in [3.05, 3.63) is 48.5 Å². The smallest absolute Gasteiger partial charge is 0.229 e. The number of nitrogens with zero attached hydrogens (tertiary/aromatic N) is 2. The lowest BCUT2D eigenvalue weighted by atomic mass is 10.2. The number of hydrogen-bond donors (Lipinski definition) is 3. The molecular formula is C16H18N4O. The molecule has 0 saturated carbocycles. The average molecular weight is 282 g/mol. The van der Waals surface area contributed by atoms with Gasteiger partial charge in [-0.1, -0.05) is 26.0 Å². The zero-order valence-corrected chi connectivity index (χ0v) is 12.0. The van der Waals surface area contributed by atoms with Crippen LogP contribution in [-0.2, 0) is 0 Å². The molecule has 3 aromatic rings. The molecule has 0 amide bonds. The van der Waals surface area contributed by atoms with Crippen molar-refractivity contribution in [2.24, 2.45) is 0 Å². The number of nitrogen functional groups attached to an aromatic ring is 1. The molecule has 0 fully saturated rings. The minimum atomic E-state index is 0.212. The van der Waals surface area contributed by atoms with Crippen LogP contribution >= 0.6 is 0 Å². The van der Waals surface area contributed by atoms with Crippen molar-refractivity contribution in [3.8, 4) is 5.75 Å². The highest BCUT2D eigenvalue weighted by molar-refractivity contribution is 5.89. The molecule has 5 nitrogen and oxygen atoms in total.